The Labute approximate surface area is 118 Å². The lowest BCUT2D eigenvalue weighted by atomic mass is 9.82. The van der Waals surface area contributed by atoms with Gasteiger partial charge < -0.3 is 10.6 Å². The minimum atomic E-state index is 0.471. The van der Waals surface area contributed by atoms with Crippen LogP contribution in [0.4, 0.5) is 0 Å². The lowest BCUT2D eigenvalue weighted by Gasteiger charge is -2.48. The molecule has 1 saturated carbocycles. The average molecular weight is 265 g/mol. The van der Waals surface area contributed by atoms with E-state index >= 15 is 0 Å². The van der Waals surface area contributed by atoms with Crippen molar-refractivity contribution in [3.05, 3.63) is 0 Å². The smallest absolute Gasteiger partial charge is 0.0115 e. The number of rotatable bonds is 4. The summed E-state index contributed by atoms with van der Waals surface area (Å²) in [6, 6.07) is 2.92. The summed E-state index contributed by atoms with van der Waals surface area (Å²) in [5, 5.41) is 0. The van der Waals surface area contributed by atoms with Crippen molar-refractivity contribution in [2.24, 2.45) is 5.73 Å². The Kier molecular flexibility index (Phi) is 4.45. The first-order valence-corrected chi connectivity index (χ1v) is 8.45. The van der Waals surface area contributed by atoms with Gasteiger partial charge in [-0.3, -0.25) is 4.90 Å². The van der Waals surface area contributed by atoms with Crippen LogP contribution < -0.4 is 5.73 Å². The molecule has 2 bridgehead atoms. The van der Waals surface area contributed by atoms with Crippen LogP contribution in [-0.2, 0) is 0 Å². The van der Waals surface area contributed by atoms with Gasteiger partial charge in [0.05, 0.1) is 0 Å². The van der Waals surface area contributed by atoms with Gasteiger partial charge in [-0.1, -0.05) is 19.3 Å². The van der Waals surface area contributed by atoms with Crippen LogP contribution in [0.2, 0.25) is 0 Å². The van der Waals surface area contributed by atoms with Crippen molar-refractivity contribution in [2.45, 2.75) is 82.0 Å². The Morgan fingerprint density at radius 3 is 2.26 bits per heavy atom. The number of likely N-dealkylation sites (N-methyl/N-ethyl adjacent to an activating group) is 1. The average Bonchev–Trinajstić information content (AvgIpc) is 2.89. The predicted octanol–water partition coefficient (Wildman–Crippen LogP) is 2.20. The number of hydrogen-bond acceptors (Lipinski definition) is 3. The molecule has 2 N–H and O–H groups in total. The highest BCUT2D eigenvalue weighted by atomic mass is 15.2. The molecular formula is C16H31N3. The Morgan fingerprint density at radius 2 is 1.63 bits per heavy atom. The van der Waals surface area contributed by atoms with Crippen LogP contribution in [0.5, 0.6) is 0 Å². The summed E-state index contributed by atoms with van der Waals surface area (Å²) in [5.74, 6) is 0. The van der Waals surface area contributed by atoms with Gasteiger partial charge in [-0.05, 0) is 45.6 Å². The van der Waals surface area contributed by atoms with Crippen molar-refractivity contribution < 1.29 is 0 Å². The molecule has 2 unspecified atom stereocenters. The molecule has 0 amide bonds. The summed E-state index contributed by atoms with van der Waals surface area (Å²) >= 11 is 0. The van der Waals surface area contributed by atoms with E-state index in [2.05, 4.69) is 16.8 Å². The minimum absolute atomic E-state index is 0.471. The highest BCUT2D eigenvalue weighted by Gasteiger charge is 2.36. The summed E-state index contributed by atoms with van der Waals surface area (Å²) in [6.07, 6.45) is 12.4. The van der Waals surface area contributed by atoms with Gasteiger partial charge in [-0.25, -0.2) is 0 Å². The number of fused-ring (bicyclic) bond motifs is 2. The molecule has 19 heavy (non-hydrogen) atoms. The first kappa shape index (κ1) is 13.8. The van der Waals surface area contributed by atoms with Gasteiger partial charge >= 0.3 is 0 Å². The third kappa shape index (κ3) is 3.14. The van der Waals surface area contributed by atoms with Crippen LogP contribution >= 0.6 is 0 Å². The van der Waals surface area contributed by atoms with E-state index in [9.17, 15) is 0 Å². The molecule has 0 aromatic heterocycles. The number of nitrogens with two attached hydrogens (primary N) is 1. The molecule has 2 atom stereocenters. The second-order valence-corrected chi connectivity index (χ2v) is 7.13. The molecule has 3 rings (SSSR count). The van der Waals surface area contributed by atoms with E-state index in [1.807, 2.05) is 0 Å². The SMILES string of the molecule is CN(CCN1C2CCCC1CC(N)C2)C1CCCC1. The molecule has 3 aliphatic rings. The van der Waals surface area contributed by atoms with Gasteiger partial charge in [-0.2, -0.15) is 0 Å². The molecule has 3 fully saturated rings. The minimum Gasteiger partial charge on any atom is -0.328 e. The molecular weight excluding hydrogens is 234 g/mol. The van der Waals surface area contributed by atoms with Crippen molar-refractivity contribution >= 4 is 0 Å². The van der Waals surface area contributed by atoms with Crippen molar-refractivity contribution in [2.75, 3.05) is 20.1 Å². The van der Waals surface area contributed by atoms with E-state index < -0.39 is 0 Å². The largest absolute Gasteiger partial charge is 0.328 e. The lowest BCUT2D eigenvalue weighted by molar-refractivity contribution is 0.0226. The van der Waals surface area contributed by atoms with Crippen LogP contribution in [0.15, 0.2) is 0 Å². The number of hydrogen-bond donors (Lipinski definition) is 1. The Morgan fingerprint density at radius 1 is 1.00 bits per heavy atom. The maximum Gasteiger partial charge on any atom is 0.0115 e. The molecule has 0 spiro atoms. The first-order chi connectivity index (χ1) is 9.24. The topological polar surface area (TPSA) is 32.5 Å². The van der Waals surface area contributed by atoms with Gasteiger partial charge in [0, 0.05) is 37.3 Å². The lowest BCUT2D eigenvalue weighted by Crippen LogP contribution is -2.56. The highest BCUT2D eigenvalue weighted by Crippen LogP contribution is 2.33. The van der Waals surface area contributed by atoms with Crippen LogP contribution in [-0.4, -0.2) is 54.1 Å². The summed E-state index contributed by atoms with van der Waals surface area (Å²) in [6.45, 7) is 2.53. The molecule has 110 valence electrons. The zero-order valence-corrected chi connectivity index (χ0v) is 12.6. The van der Waals surface area contributed by atoms with Gasteiger partial charge in [0.1, 0.15) is 0 Å². The Hall–Kier alpha value is -0.120. The van der Waals surface area contributed by atoms with E-state index in [0.29, 0.717) is 6.04 Å². The molecule has 0 aromatic rings. The summed E-state index contributed by atoms with van der Waals surface area (Å²) < 4.78 is 0. The van der Waals surface area contributed by atoms with Gasteiger partial charge in [0.25, 0.3) is 0 Å². The van der Waals surface area contributed by atoms with E-state index in [-0.39, 0.29) is 0 Å². The zero-order valence-electron chi connectivity index (χ0n) is 12.6. The third-order valence-electron chi connectivity index (χ3n) is 5.82. The van der Waals surface area contributed by atoms with Gasteiger partial charge in [0.15, 0.2) is 0 Å². The molecule has 2 saturated heterocycles. The van der Waals surface area contributed by atoms with Gasteiger partial charge in [0.2, 0.25) is 0 Å². The quantitative estimate of drug-likeness (QED) is 0.846. The van der Waals surface area contributed by atoms with E-state index in [1.165, 1.54) is 70.9 Å². The zero-order chi connectivity index (χ0) is 13.2. The molecule has 0 aromatic carbocycles. The van der Waals surface area contributed by atoms with Gasteiger partial charge in [-0.15, -0.1) is 0 Å². The van der Waals surface area contributed by atoms with Crippen LogP contribution in [0.3, 0.4) is 0 Å². The number of nitrogens with zero attached hydrogens (tertiary/aromatic N) is 2. The Balaban J connectivity index is 1.51. The third-order valence-corrected chi connectivity index (χ3v) is 5.82. The van der Waals surface area contributed by atoms with Crippen molar-refractivity contribution in [3.63, 3.8) is 0 Å². The highest BCUT2D eigenvalue weighted by molar-refractivity contribution is 4.94. The first-order valence-electron chi connectivity index (χ1n) is 8.45. The molecule has 3 heteroatoms. The summed E-state index contributed by atoms with van der Waals surface area (Å²) in [4.78, 5) is 5.43. The molecule has 3 nitrogen and oxygen atoms in total. The molecule has 2 aliphatic heterocycles. The Bertz CT molecular complexity index is 274. The monoisotopic (exact) mass is 265 g/mol. The molecule has 0 radical (unpaired) electrons. The maximum atomic E-state index is 6.21. The van der Waals surface area contributed by atoms with Crippen LogP contribution in [0, 0.1) is 0 Å². The predicted molar refractivity (Wildman–Crippen MR) is 80.2 cm³/mol. The van der Waals surface area contributed by atoms with Crippen LogP contribution in [0.25, 0.3) is 0 Å². The van der Waals surface area contributed by atoms with E-state index in [0.717, 1.165) is 18.1 Å². The fraction of sp³-hybridized carbons (Fsp3) is 1.00. The fourth-order valence-corrected chi connectivity index (χ4v) is 4.69. The van der Waals surface area contributed by atoms with E-state index in [4.69, 9.17) is 5.73 Å². The van der Waals surface area contributed by atoms with Crippen LogP contribution in [0.1, 0.15) is 57.8 Å². The normalized spacial score (nSPS) is 37.1. The van der Waals surface area contributed by atoms with E-state index in [1.54, 1.807) is 0 Å². The van der Waals surface area contributed by atoms with Crippen molar-refractivity contribution in [1.29, 1.82) is 0 Å². The van der Waals surface area contributed by atoms with Crippen molar-refractivity contribution in [1.82, 2.24) is 9.80 Å². The standard InChI is InChI=1S/C16H31N3/c1-18(14-5-2-3-6-14)9-10-19-15-7-4-8-16(19)12-13(17)11-15/h13-16H,2-12,17H2,1H3. The summed E-state index contributed by atoms with van der Waals surface area (Å²) in [7, 11) is 2.33. The second-order valence-electron chi connectivity index (χ2n) is 7.13. The molecule has 1 aliphatic carbocycles. The number of piperidine rings is 2. The molecule has 2 heterocycles. The second kappa shape index (κ2) is 6.11. The van der Waals surface area contributed by atoms with Crippen molar-refractivity contribution in [3.8, 4) is 0 Å². The summed E-state index contributed by atoms with van der Waals surface area (Å²) in [5.41, 5.74) is 6.21. The maximum absolute atomic E-state index is 6.21. The fourth-order valence-electron chi connectivity index (χ4n) is 4.69.